The van der Waals surface area contributed by atoms with Gasteiger partial charge in [-0.1, -0.05) is 18.2 Å². The van der Waals surface area contributed by atoms with Gasteiger partial charge in [0.25, 0.3) is 0 Å². The van der Waals surface area contributed by atoms with E-state index in [1.165, 1.54) is 12.1 Å². The third kappa shape index (κ3) is 4.87. The number of rotatable bonds is 5. The molecule has 0 aliphatic carbocycles. The van der Waals surface area contributed by atoms with Crippen LogP contribution in [-0.4, -0.2) is 48.2 Å². The van der Waals surface area contributed by atoms with Crippen molar-refractivity contribution in [3.63, 3.8) is 0 Å². The third-order valence-electron chi connectivity index (χ3n) is 5.90. The summed E-state index contributed by atoms with van der Waals surface area (Å²) in [6, 6.07) is 8.43. The molecule has 0 atom stereocenters. The molecule has 2 heterocycles. The maximum absolute atomic E-state index is 13.0. The van der Waals surface area contributed by atoms with E-state index in [0.29, 0.717) is 30.1 Å². The van der Waals surface area contributed by atoms with Gasteiger partial charge in [-0.15, -0.1) is 13.2 Å². The number of fused-ring (bicyclic) bond motifs is 1. The van der Waals surface area contributed by atoms with Crippen LogP contribution in [0.1, 0.15) is 24.0 Å². The van der Waals surface area contributed by atoms with Crippen LogP contribution < -0.4 is 15.8 Å². The van der Waals surface area contributed by atoms with Gasteiger partial charge in [0.2, 0.25) is 16.0 Å². The summed E-state index contributed by atoms with van der Waals surface area (Å²) in [5, 5.41) is 4.00. The van der Waals surface area contributed by atoms with Crippen molar-refractivity contribution < 1.29 is 26.3 Å². The van der Waals surface area contributed by atoms with Crippen LogP contribution in [0.15, 0.2) is 41.3 Å². The molecule has 0 bridgehead atoms. The van der Waals surface area contributed by atoms with E-state index >= 15 is 0 Å². The molecule has 1 aliphatic heterocycles. The first kappa shape index (κ1) is 24.0. The van der Waals surface area contributed by atoms with Crippen molar-refractivity contribution >= 4 is 32.7 Å². The minimum absolute atomic E-state index is 0.113. The Morgan fingerprint density at radius 1 is 1.09 bits per heavy atom. The van der Waals surface area contributed by atoms with E-state index in [9.17, 15) is 21.6 Å². The van der Waals surface area contributed by atoms with E-state index in [1.54, 1.807) is 0 Å². The SMILES string of the molecule is Cc1ccc2nc(NC3CCN(S(=O)(=O)c4ccccc4OC(F)(F)F)CC3)nc(N)c2c1C. The first-order chi connectivity index (χ1) is 16.0. The summed E-state index contributed by atoms with van der Waals surface area (Å²) in [6.45, 7) is 4.16. The Labute approximate surface area is 195 Å². The van der Waals surface area contributed by atoms with Crippen molar-refractivity contribution in [3.8, 4) is 5.75 Å². The van der Waals surface area contributed by atoms with Gasteiger partial charge in [-0.05, 0) is 56.0 Å². The number of anilines is 2. The number of ether oxygens (including phenoxy) is 1. The lowest BCUT2D eigenvalue weighted by Gasteiger charge is -2.32. The van der Waals surface area contributed by atoms with Crippen molar-refractivity contribution in [2.24, 2.45) is 0 Å². The fourth-order valence-corrected chi connectivity index (χ4v) is 5.61. The summed E-state index contributed by atoms with van der Waals surface area (Å²) < 4.78 is 69.3. The fraction of sp³-hybridized carbons (Fsp3) is 0.364. The number of nitrogens with one attached hydrogen (secondary N) is 1. The first-order valence-electron chi connectivity index (χ1n) is 10.6. The number of halogens is 3. The summed E-state index contributed by atoms with van der Waals surface area (Å²) in [7, 11) is -4.18. The Balaban J connectivity index is 1.47. The van der Waals surface area contributed by atoms with Gasteiger partial charge in [0.05, 0.1) is 5.52 Å². The van der Waals surface area contributed by atoms with Gasteiger partial charge in [0, 0.05) is 24.5 Å². The highest BCUT2D eigenvalue weighted by Gasteiger charge is 2.36. The minimum atomic E-state index is -5.00. The standard InChI is InChI=1S/C22H24F3N5O3S/c1-13-7-8-16-19(14(13)2)20(26)29-21(28-16)27-15-9-11-30(12-10-15)34(31,32)18-6-4-3-5-17(18)33-22(23,24)25/h3-8,15H,9-12H2,1-2H3,(H3,26,27,28,29). The zero-order valence-corrected chi connectivity index (χ0v) is 19.4. The van der Waals surface area contributed by atoms with Gasteiger partial charge in [-0.2, -0.15) is 9.29 Å². The molecule has 1 aliphatic rings. The predicted octanol–water partition coefficient (Wildman–Crippen LogP) is 3.99. The van der Waals surface area contributed by atoms with E-state index in [2.05, 4.69) is 20.0 Å². The van der Waals surface area contributed by atoms with Crippen LogP contribution in [0, 0.1) is 13.8 Å². The van der Waals surface area contributed by atoms with Crippen molar-refractivity contribution in [1.29, 1.82) is 0 Å². The van der Waals surface area contributed by atoms with Crippen LogP contribution >= 0.6 is 0 Å². The quantitative estimate of drug-likeness (QED) is 0.551. The van der Waals surface area contributed by atoms with Crippen LogP contribution in [0.5, 0.6) is 5.75 Å². The zero-order valence-electron chi connectivity index (χ0n) is 18.6. The highest BCUT2D eigenvalue weighted by Crippen LogP contribution is 2.33. The van der Waals surface area contributed by atoms with Crippen molar-refractivity contribution in [2.45, 2.75) is 44.0 Å². The highest BCUT2D eigenvalue weighted by atomic mass is 32.2. The van der Waals surface area contributed by atoms with Gasteiger partial charge < -0.3 is 15.8 Å². The molecule has 3 N–H and O–H groups in total. The lowest BCUT2D eigenvalue weighted by atomic mass is 10.0. The van der Waals surface area contributed by atoms with Crippen LogP contribution in [0.4, 0.5) is 24.9 Å². The van der Waals surface area contributed by atoms with E-state index < -0.39 is 27.0 Å². The number of nitrogen functional groups attached to an aromatic ring is 1. The molecule has 2 aromatic carbocycles. The van der Waals surface area contributed by atoms with E-state index in [0.717, 1.165) is 33.0 Å². The zero-order chi connectivity index (χ0) is 24.7. The molecule has 0 amide bonds. The molecule has 1 aromatic heterocycles. The second-order valence-electron chi connectivity index (χ2n) is 8.15. The lowest BCUT2D eigenvalue weighted by Crippen LogP contribution is -2.42. The van der Waals surface area contributed by atoms with Gasteiger partial charge in [0.1, 0.15) is 16.5 Å². The molecule has 4 rings (SSSR count). The lowest BCUT2D eigenvalue weighted by molar-refractivity contribution is -0.275. The second kappa shape index (κ2) is 8.91. The summed E-state index contributed by atoms with van der Waals surface area (Å²) in [4.78, 5) is 8.38. The van der Waals surface area contributed by atoms with Gasteiger partial charge in [0.15, 0.2) is 0 Å². The summed E-state index contributed by atoms with van der Waals surface area (Å²) in [5.41, 5.74) is 8.96. The van der Waals surface area contributed by atoms with Gasteiger partial charge >= 0.3 is 6.36 Å². The van der Waals surface area contributed by atoms with Crippen molar-refractivity contribution in [3.05, 3.63) is 47.5 Å². The second-order valence-corrected chi connectivity index (χ2v) is 10.1. The summed E-state index contributed by atoms with van der Waals surface area (Å²) in [5.74, 6) is -0.0470. The Hall–Kier alpha value is -3.12. The Morgan fingerprint density at radius 2 is 1.76 bits per heavy atom. The van der Waals surface area contributed by atoms with Crippen molar-refractivity contribution in [1.82, 2.24) is 14.3 Å². The number of nitrogens with two attached hydrogens (primary N) is 1. The Morgan fingerprint density at radius 3 is 2.44 bits per heavy atom. The summed E-state index contributed by atoms with van der Waals surface area (Å²) >= 11 is 0. The number of benzene rings is 2. The molecule has 0 saturated carbocycles. The third-order valence-corrected chi connectivity index (χ3v) is 7.84. The smallest absolute Gasteiger partial charge is 0.404 e. The molecule has 1 fully saturated rings. The molecule has 8 nitrogen and oxygen atoms in total. The number of aromatic nitrogens is 2. The largest absolute Gasteiger partial charge is 0.573 e. The molecule has 182 valence electrons. The van der Waals surface area contributed by atoms with Crippen LogP contribution in [-0.2, 0) is 10.0 Å². The highest BCUT2D eigenvalue weighted by molar-refractivity contribution is 7.89. The normalized spacial score (nSPS) is 16.0. The number of piperidine rings is 1. The monoisotopic (exact) mass is 495 g/mol. The maximum atomic E-state index is 13.0. The number of sulfonamides is 1. The van der Waals surface area contributed by atoms with E-state index in [1.807, 2.05) is 26.0 Å². The maximum Gasteiger partial charge on any atom is 0.573 e. The van der Waals surface area contributed by atoms with Gasteiger partial charge in [-0.25, -0.2) is 13.4 Å². The average molecular weight is 496 g/mol. The number of alkyl halides is 3. The topological polar surface area (TPSA) is 110 Å². The molecule has 12 heteroatoms. The Bertz CT molecular complexity index is 1320. The summed E-state index contributed by atoms with van der Waals surface area (Å²) in [6.07, 6.45) is -4.17. The van der Waals surface area contributed by atoms with Crippen molar-refractivity contribution in [2.75, 3.05) is 24.1 Å². The molecule has 0 radical (unpaired) electrons. The molecular weight excluding hydrogens is 471 g/mol. The van der Waals surface area contributed by atoms with Crippen LogP contribution in [0.2, 0.25) is 0 Å². The van der Waals surface area contributed by atoms with Crippen LogP contribution in [0.25, 0.3) is 10.9 Å². The fourth-order valence-electron chi connectivity index (χ4n) is 4.03. The van der Waals surface area contributed by atoms with E-state index in [4.69, 9.17) is 5.73 Å². The number of nitrogens with zero attached hydrogens (tertiary/aromatic N) is 3. The molecular formula is C22H24F3N5O3S. The van der Waals surface area contributed by atoms with Gasteiger partial charge in [-0.3, -0.25) is 0 Å². The molecule has 1 saturated heterocycles. The number of aryl methyl sites for hydroxylation is 2. The molecule has 0 unspecified atom stereocenters. The van der Waals surface area contributed by atoms with E-state index in [-0.39, 0.29) is 19.1 Å². The molecule has 3 aromatic rings. The molecule has 34 heavy (non-hydrogen) atoms. The first-order valence-corrected chi connectivity index (χ1v) is 12.0. The number of hydrogen-bond acceptors (Lipinski definition) is 7. The Kier molecular flexibility index (Phi) is 6.30. The number of para-hydroxylation sites is 1. The minimum Gasteiger partial charge on any atom is -0.404 e. The predicted molar refractivity (Wildman–Crippen MR) is 122 cm³/mol. The average Bonchev–Trinajstić information content (AvgIpc) is 2.76. The molecule has 0 spiro atoms. The van der Waals surface area contributed by atoms with Crippen LogP contribution in [0.3, 0.4) is 0 Å². The number of hydrogen-bond donors (Lipinski definition) is 2.